The Balaban J connectivity index is 1.44. The summed E-state index contributed by atoms with van der Waals surface area (Å²) in [6.45, 7) is 0. The highest BCUT2D eigenvalue weighted by Gasteiger charge is 2.23. The van der Waals surface area contributed by atoms with Gasteiger partial charge in [0.2, 0.25) is 0 Å². The van der Waals surface area contributed by atoms with Gasteiger partial charge >= 0.3 is 0 Å². The second-order valence-electron chi connectivity index (χ2n) is 11.2. The van der Waals surface area contributed by atoms with Gasteiger partial charge in [0.25, 0.3) is 0 Å². The Kier molecular flexibility index (Phi) is 4.70. The Morgan fingerprint density at radius 1 is 0.435 bits per heavy atom. The van der Waals surface area contributed by atoms with Crippen LogP contribution < -0.4 is 4.90 Å². The molecule has 1 heterocycles. The third kappa shape index (κ3) is 4.19. The maximum Gasteiger partial charge on any atom is 0.143 e. The molecule has 216 valence electrons. The lowest BCUT2D eigenvalue weighted by Gasteiger charge is -2.31. The topological polar surface area (TPSA) is 16.4 Å². The standard InChI is InChI=1S/C44H29NO/c1-2-14-30(15-3-1)33-20-8-10-24-39(33)45(40-26-12-18-31-16-4-6-19-34(31)40)41-25-11-9-22-36(41)37-23-13-27-42-43(37)38-29-28-32-17-5-7-21-35(32)44(38)46-42/h1-29H/i4D,6D,12D,16D,18D,19D,26D. The van der Waals surface area contributed by atoms with Crippen molar-refractivity contribution in [2.75, 3.05) is 4.90 Å². The van der Waals surface area contributed by atoms with Crippen molar-refractivity contribution in [2.24, 2.45) is 0 Å². The predicted molar refractivity (Wildman–Crippen MR) is 194 cm³/mol. The van der Waals surface area contributed by atoms with Crippen LogP contribution in [0.1, 0.15) is 9.60 Å². The molecule has 0 amide bonds. The summed E-state index contributed by atoms with van der Waals surface area (Å²) in [6.07, 6.45) is 0. The van der Waals surface area contributed by atoms with E-state index in [2.05, 4.69) is 18.2 Å². The zero-order valence-corrected chi connectivity index (χ0v) is 24.6. The van der Waals surface area contributed by atoms with Gasteiger partial charge in [-0.25, -0.2) is 0 Å². The first-order valence-corrected chi connectivity index (χ1v) is 15.1. The molecule has 1 aromatic heterocycles. The third-order valence-electron chi connectivity index (χ3n) is 8.57. The highest BCUT2D eigenvalue weighted by molar-refractivity contribution is 6.20. The molecular weight excluding hydrogens is 558 g/mol. The molecule has 0 aliphatic heterocycles. The van der Waals surface area contributed by atoms with E-state index < -0.39 is 30.2 Å². The molecule has 46 heavy (non-hydrogen) atoms. The van der Waals surface area contributed by atoms with Gasteiger partial charge in [0, 0.05) is 32.7 Å². The first-order valence-electron chi connectivity index (χ1n) is 18.6. The number of furan rings is 1. The molecule has 0 spiro atoms. The van der Waals surface area contributed by atoms with Gasteiger partial charge in [0.1, 0.15) is 11.2 Å². The number of para-hydroxylation sites is 2. The van der Waals surface area contributed by atoms with Crippen LogP contribution in [0.15, 0.2) is 180 Å². The SMILES string of the molecule is [2H]c1c([2H])c([2H])c2c(N(c3ccccc3-c3ccccc3)c3ccccc3-c3cccc4oc5c6ccccc6ccc5c34)c([2H])c([2H])c([2H])c2c1[2H]. The van der Waals surface area contributed by atoms with Crippen molar-refractivity contribution >= 4 is 60.5 Å². The molecule has 0 saturated carbocycles. The zero-order valence-electron chi connectivity index (χ0n) is 31.6. The molecule has 9 aromatic rings. The molecule has 8 aromatic carbocycles. The van der Waals surface area contributed by atoms with Crippen LogP contribution in [0.5, 0.6) is 0 Å². The van der Waals surface area contributed by atoms with Crippen molar-refractivity contribution in [1.29, 1.82) is 0 Å². The highest BCUT2D eigenvalue weighted by Crippen LogP contribution is 2.48. The normalized spacial score (nSPS) is 13.6. The van der Waals surface area contributed by atoms with Crippen LogP contribution in [0.2, 0.25) is 0 Å². The molecule has 0 unspecified atom stereocenters. The van der Waals surface area contributed by atoms with Gasteiger partial charge < -0.3 is 9.32 Å². The van der Waals surface area contributed by atoms with Gasteiger partial charge in [-0.15, -0.1) is 0 Å². The van der Waals surface area contributed by atoms with Gasteiger partial charge in [-0.05, 0) is 52.2 Å². The molecule has 0 radical (unpaired) electrons. The van der Waals surface area contributed by atoms with Gasteiger partial charge in [0.15, 0.2) is 0 Å². The van der Waals surface area contributed by atoms with Crippen molar-refractivity contribution < 1.29 is 14.0 Å². The smallest absolute Gasteiger partial charge is 0.143 e. The van der Waals surface area contributed by atoms with Crippen LogP contribution in [0, 0.1) is 0 Å². The summed E-state index contributed by atoms with van der Waals surface area (Å²) in [5, 5.41) is 3.79. The summed E-state index contributed by atoms with van der Waals surface area (Å²) in [5.41, 5.74) is 6.11. The summed E-state index contributed by atoms with van der Waals surface area (Å²) in [4.78, 5) is 1.83. The van der Waals surface area contributed by atoms with Crippen molar-refractivity contribution in [2.45, 2.75) is 0 Å². The lowest BCUT2D eigenvalue weighted by atomic mass is 9.95. The fourth-order valence-electron chi connectivity index (χ4n) is 6.54. The van der Waals surface area contributed by atoms with E-state index in [0.29, 0.717) is 17.0 Å². The number of nitrogens with zero attached hydrogens (tertiary/aromatic N) is 1. The molecule has 0 atom stereocenters. The average molecular weight is 595 g/mol. The van der Waals surface area contributed by atoms with Crippen molar-refractivity contribution in [3.8, 4) is 22.3 Å². The summed E-state index contributed by atoms with van der Waals surface area (Å²) in [5.74, 6) is 0. The number of hydrogen-bond acceptors (Lipinski definition) is 2. The monoisotopic (exact) mass is 594 g/mol. The van der Waals surface area contributed by atoms with Gasteiger partial charge in [-0.2, -0.15) is 0 Å². The molecule has 0 saturated heterocycles. The van der Waals surface area contributed by atoms with E-state index in [1.807, 2.05) is 120 Å². The Hall–Kier alpha value is -6.12. The molecule has 2 heteroatoms. The lowest BCUT2D eigenvalue weighted by Crippen LogP contribution is -2.13. The van der Waals surface area contributed by atoms with E-state index >= 15 is 0 Å². The van der Waals surface area contributed by atoms with Crippen LogP contribution in [-0.2, 0) is 0 Å². The minimum Gasteiger partial charge on any atom is -0.455 e. The molecule has 2 nitrogen and oxygen atoms in total. The fourth-order valence-corrected chi connectivity index (χ4v) is 6.54. The first kappa shape index (κ1) is 20.0. The minimum atomic E-state index is -0.498. The van der Waals surface area contributed by atoms with Crippen molar-refractivity contribution in [3.63, 3.8) is 0 Å². The molecule has 0 N–H and O–H groups in total. The summed E-state index contributed by atoms with van der Waals surface area (Å²) in [7, 11) is 0. The van der Waals surface area contributed by atoms with E-state index in [-0.39, 0.29) is 28.5 Å². The number of rotatable bonds is 5. The van der Waals surface area contributed by atoms with E-state index in [0.717, 1.165) is 49.4 Å². The lowest BCUT2D eigenvalue weighted by molar-refractivity contribution is 0.673. The highest BCUT2D eigenvalue weighted by atomic mass is 16.3. The number of fused-ring (bicyclic) bond motifs is 6. The molecule has 0 fully saturated rings. The Morgan fingerprint density at radius 3 is 2.02 bits per heavy atom. The maximum absolute atomic E-state index is 9.46. The van der Waals surface area contributed by atoms with Crippen molar-refractivity contribution in [3.05, 3.63) is 176 Å². The van der Waals surface area contributed by atoms with Gasteiger partial charge in [0.05, 0.1) is 26.7 Å². The maximum atomic E-state index is 9.46. The predicted octanol–water partition coefficient (Wildman–Crippen LogP) is 12.7. The van der Waals surface area contributed by atoms with Crippen LogP contribution in [-0.4, -0.2) is 0 Å². The van der Waals surface area contributed by atoms with Crippen LogP contribution in [0.25, 0.3) is 65.7 Å². The van der Waals surface area contributed by atoms with Crippen LogP contribution in [0.3, 0.4) is 0 Å². The van der Waals surface area contributed by atoms with Gasteiger partial charge in [-0.3, -0.25) is 0 Å². The van der Waals surface area contributed by atoms with E-state index in [1.54, 1.807) is 0 Å². The Bertz CT molecular complexity index is 2930. The number of benzene rings is 8. The van der Waals surface area contributed by atoms with E-state index in [4.69, 9.17) is 12.6 Å². The quantitative estimate of drug-likeness (QED) is 0.197. The second kappa shape index (κ2) is 10.8. The first-order chi connectivity index (χ1) is 25.8. The second-order valence-corrected chi connectivity index (χ2v) is 11.2. The Morgan fingerprint density at radius 2 is 1.13 bits per heavy atom. The Labute approximate surface area is 277 Å². The molecule has 0 aliphatic carbocycles. The molecular formula is C44H29NO. The van der Waals surface area contributed by atoms with Crippen LogP contribution in [0.4, 0.5) is 17.1 Å². The summed E-state index contributed by atoms with van der Waals surface area (Å²) >= 11 is 0. The van der Waals surface area contributed by atoms with Gasteiger partial charge in [-0.1, -0.05) is 145 Å². The molecule has 0 bridgehead atoms. The van der Waals surface area contributed by atoms with E-state index in [9.17, 15) is 1.37 Å². The largest absolute Gasteiger partial charge is 0.455 e. The fraction of sp³-hybridized carbons (Fsp3) is 0. The average Bonchev–Trinajstić information content (AvgIpc) is 3.60. The summed E-state index contributed by atoms with van der Waals surface area (Å²) in [6, 6.07) is 40.4. The van der Waals surface area contributed by atoms with E-state index in [1.165, 1.54) is 0 Å². The minimum absolute atomic E-state index is 0.00175. The third-order valence-corrected chi connectivity index (χ3v) is 8.57. The zero-order chi connectivity index (χ0) is 36.5. The van der Waals surface area contributed by atoms with Crippen molar-refractivity contribution in [1.82, 2.24) is 0 Å². The van der Waals surface area contributed by atoms with Crippen LogP contribution >= 0.6 is 0 Å². The molecule has 9 rings (SSSR count). The number of anilines is 3. The number of hydrogen-bond donors (Lipinski definition) is 0. The molecule has 0 aliphatic rings. The summed E-state index contributed by atoms with van der Waals surface area (Å²) < 4.78 is 69.0.